The zero-order valence-corrected chi connectivity index (χ0v) is 15.6. The molecular formula is C18H16F8N4O. The van der Waals surface area contributed by atoms with E-state index < -0.39 is 41.4 Å². The van der Waals surface area contributed by atoms with Gasteiger partial charge in [0.25, 0.3) is 5.91 Å². The van der Waals surface area contributed by atoms with Gasteiger partial charge in [0.2, 0.25) is 0 Å². The Bertz CT molecular complexity index is 882. The van der Waals surface area contributed by atoms with Crippen LogP contribution in [0.4, 0.5) is 40.9 Å². The molecule has 13 heteroatoms. The van der Waals surface area contributed by atoms with Gasteiger partial charge in [-0.25, -0.2) is 0 Å². The number of carbonyl (C=O) groups is 1. The molecule has 2 rings (SSSR count). The van der Waals surface area contributed by atoms with Crippen LogP contribution < -0.4 is 10.6 Å². The fourth-order valence-electron chi connectivity index (χ4n) is 2.50. The summed E-state index contributed by atoms with van der Waals surface area (Å²) in [5, 5.41) is 12.2. The third-order valence-electron chi connectivity index (χ3n) is 4.00. The molecule has 170 valence electrons. The van der Waals surface area contributed by atoms with E-state index >= 15 is 0 Å². The SMILES string of the molecule is O=C(NCCCCNc1ccc(-c2ccc(C(F)(F)F)cc2C(F)(F)F)nn1)C(F)F. The second-order valence-corrected chi connectivity index (χ2v) is 6.29. The van der Waals surface area contributed by atoms with Crippen LogP contribution in [0.1, 0.15) is 24.0 Å². The van der Waals surface area contributed by atoms with E-state index in [2.05, 4.69) is 15.5 Å². The molecule has 1 aromatic carbocycles. The van der Waals surface area contributed by atoms with Crippen LogP contribution in [0.3, 0.4) is 0 Å². The number of nitrogens with zero attached hydrogens (tertiary/aromatic N) is 2. The van der Waals surface area contributed by atoms with Gasteiger partial charge < -0.3 is 10.6 Å². The average molecular weight is 456 g/mol. The smallest absolute Gasteiger partial charge is 0.369 e. The minimum absolute atomic E-state index is 0.0238. The van der Waals surface area contributed by atoms with Crippen LogP contribution in [0, 0.1) is 0 Å². The summed E-state index contributed by atoms with van der Waals surface area (Å²) in [4.78, 5) is 10.7. The summed E-state index contributed by atoms with van der Waals surface area (Å²) >= 11 is 0. The van der Waals surface area contributed by atoms with Crippen LogP contribution in [0.5, 0.6) is 0 Å². The third-order valence-corrected chi connectivity index (χ3v) is 4.00. The molecule has 0 saturated heterocycles. The van der Waals surface area contributed by atoms with E-state index in [1.54, 1.807) is 0 Å². The van der Waals surface area contributed by atoms with Crippen LogP contribution in [-0.4, -0.2) is 35.6 Å². The number of carbonyl (C=O) groups excluding carboxylic acids is 1. The molecule has 0 fully saturated rings. The van der Waals surface area contributed by atoms with Crippen molar-refractivity contribution in [3.8, 4) is 11.3 Å². The van der Waals surface area contributed by atoms with E-state index in [0.29, 0.717) is 31.5 Å². The maximum atomic E-state index is 13.2. The number of rotatable bonds is 8. The Kier molecular flexibility index (Phi) is 7.74. The molecule has 1 amide bonds. The monoisotopic (exact) mass is 456 g/mol. The number of hydrogen-bond donors (Lipinski definition) is 2. The summed E-state index contributed by atoms with van der Waals surface area (Å²) in [6.07, 6.45) is -12.2. The number of benzene rings is 1. The molecular weight excluding hydrogens is 440 g/mol. The predicted octanol–water partition coefficient (Wildman–Crippen LogP) is 4.75. The molecule has 31 heavy (non-hydrogen) atoms. The van der Waals surface area contributed by atoms with Crippen LogP contribution in [0.25, 0.3) is 11.3 Å². The van der Waals surface area contributed by atoms with Crippen LogP contribution in [0.2, 0.25) is 0 Å². The number of aromatic nitrogens is 2. The molecule has 0 aliphatic heterocycles. The van der Waals surface area contributed by atoms with Gasteiger partial charge in [0, 0.05) is 18.7 Å². The number of halogens is 8. The van der Waals surface area contributed by atoms with Gasteiger partial charge in [-0.3, -0.25) is 4.79 Å². The lowest BCUT2D eigenvalue weighted by atomic mass is 10.0. The third kappa shape index (κ3) is 7.03. The van der Waals surface area contributed by atoms with Crippen LogP contribution >= 0.6 is 0 Å². The molecule has 0 bridgehead atoms. The van der Waals surface area contributed by atoms with Crippen LogP contribution in [0.15, 0.2) is 30.3 Å². The van der Waals surface area contributed by atoms with E-state index in [4.69, 9.17) is 0 Å². The second-order valence-electron chi connectivity index (χ2n) is 6.29. The van der Waals surface area contributed by atoms with Crippen molar-refractivity contribution >= 4 is 11.7 Å². The van der Waals surface area contributed by atoms with Gasteiger partial charge in [-0.2, -0.15) is 35.1 Å². The zero-order chi connectivity index (χ0) is 23.2. The highest BCUT2D eigenvalue weighted by atomic mass is 19.4. The van der Waals surface area contributed by atoms with Crippen molar-refractivity contribution in [2.45, 2.75) is 31.6 Å². The number of anilines is 1. The average Bonchev–Trinajstić information content (AvgIpc) is 2.69. The fourth-order valence-corrected chi connectivity index (χ4v) is 2.50. The quantitative estimate of drug-likeness (QED) is 0.444. The molecule has 0 atom stereocenters. The number of unbranched alkanes of at least 4 members (excludes halogenated alkanes) is 1. The Labute approximate surface area is 170 Å². The molecule has 0 radical (unpaired) electrons. The summed E-state index contributed by atoms with van der Waals surface area (Å²) in [6.45, 7) is 0.357. The molecule has 1 heterocycles. The van der Waals surface area contributed by atoms with Crippen LogP contribution in [-0.2, 0) is 17.1 Å². The number of hydrogen-bond acceptors (Lipinski definition) is 4. The molecule has 5 nitrogen and oxygen atoms in total. The van der Waals surface area contributed by atoms with Crippen molar-refractivity contribution in [1.82, 2.24) is 15.5 Å². The van der Waals surface area contributed by atoms with E-state index in [9.17, 15) is 39.9 Å². The van der Waals surface area contributed by atoms with Crippen molar-refractivity contribution in [3.63, 3.8) is 0 Å². The lowest BCUT2D eigenvalue weighted by Gasteiger charge is -2.15. The summed E-state index contributed by atoms with van der Waals surface area (Å²) in [6, 6.07) is 3.73. The fraction of sp³-hybridized carbons (Fsp3) is 0.389. The van der Waals surface area contributed by atoms with Crippen molar-refractivity contribution in [2.24, 2.45) is 0 Å². The van der Waals surface area contributed by atoms with E-state index in [-0.39, 0.29) is 24.1 Å². The Balaban J connectivity index is 2.01. The van der Waals surface area contributed by atoms with Gasteiger partial charge in [0.15, 0.2) is 0 Å². The maximum Gasteiger partial charge on any atom is 0.417 e. The topological polar surface area (TPSA) is 66.9 Å². The number of nitrogens with one attached hydrogen (secondary N) is 2. The summed E-state index contributed by atoms with van der Waals surface area (Å²) in [7, 11) is 0. The lowest BCUT2D eigenvalue weighted by Crippen LogP contribution is -2.30. The molecule has 0 unspecified atom stereocenters. The predicted molar refractivity (Wildman–Crippen MR) is 94.2 cm³/mol. The first-order chi connectivity index (χ1) is 14.4. The van der Waals surface area contributed by atoms with Gasteiger partial charge in [0.05, 0.1) is 16.8 Å². The Morgan fingerprint density at radius 1 is 0.903 bits per heavy atom. The minimum Gasteiger partial charge on any atom is -0.369 e. The Morgan fingerprint density at radius 2 is 1.58 bits per heavy atom. The highest BCUT2D eigenvalue weighted by Gasteiger charge is 2.38. The highest BCUT2D eigenvalue weighted by molar-refractivity contribution is 5.78. The largest absolute Gasteiger partial charge is 0.417 e. The first kappa shape index (κ1) is 24.3. The van der Waals surface area contributed by atoms with Gasteiger partial charge in [-0.1, -0.05) is 6.07 Å². The summed E-state index contributed by atoms with van der Waals surface area (Å²) in [5.74, 6) is -1.17. The van der Waals surface area contributed by atoms with Crippen molar-refractivity contribution in [3.05, 3.63) is 41.5 Å². The highest BCUT2D eigenvalue weighted by Crippen LogP contribution is 2.40. The lowest BCUT2D eigenvalue weighted by molar-refractivity contribution is -0.142. The molecule has 2 N–H and O–H groups in total. The summed E-state index contributed by atoms with van der Waals surface area (Å²) < 4.78 is 102. The summed E-state index contributed by atoms with van der Waals surface area (Å²) in [5.41, 5.74) is -3.72. The Hall–Kier alpha value is -2.99. The molecule has 2 aromatic rings. The minimum atomic E-state index is -5.03. The molecule has 0 spiro atoms. The molecule has 1 aromatic heterocycles. The molecule has 0 aliphatic carbocycles. The standard InChI is InChI=1S/C18H16F8N4O/c19-15(20)16(31)28-8-2-1-7-27-14-6-5-13(29-30-14)11-4-3-10(17(21,22)23)9-12(11)18(24,25)26/h3-6,9,15H,1-2,7-8H2,(H,27,30)(H,28,31). The van der Waals surface area contributed by atoms with Gasteiger partial charge in [-0.05, 0) is 37.1 Å². The Morgan fingerprint density at radius 3 is 2.13 bits per heavy atom. The van der Waals surface area contributed by atoms with Crippen molar-refractivity contribution < 1.29 is 39.9 Å². The zero-order valence-electron chi connectivity index (χ0n) is 15.6. The first-order valence-corrected chi connectivity index (χ1v) is 8.82. The van der Waals surface area contributed by atoms with Crippen molar-refractivity contribution in [2.75, 3.05) is 18.4 Å². The first-order valence-electron chi connectivity index (χ1n) is 8.82. The van der Waals surface area contributed by atoms with Gasteiger partial charge in [0.1, 0.15) is 5.82 Å². The molecule has 0 aliphatic rings. The van der Waals surface area contributed by atoms with E-state index in [0.717, 1.165) is 0 Å². The van der Waals surface area contributed by atoms with Gasteiger partial charge in [-0.15, -0.1) is 10.2 Å². The van der Waals surface area contributed by atoms with Gasteiger partial charge >= 0.3 is 18.8 Å². The van der Waals surface area contributed by atoms with Crippen molar-refractivity contribution in [1.29, 1.82) is 0 Å². The normalized spacial score (nSPS) is 12.2. The number of alkyl halides is 8. The molecule has 0 saturated carbocycles. The van der Waals surface area contributed by atoms with E-state index in [1.165, 1.54) is 12.1 Å². The number of amides is 1. The second kappa shape index (κ2) is 9.88. The van der Waals surface area contributed by atoms with E-state index in [1.807, 2.05) is 5.32 Å². The maximum absolute atomic E-state index is 13.2.